The van der Waals surface area contributed by atoms with Gasteiger partial charge in [-0.05, 0) is 10.4 Å². The molecule has 0 radical (unpaired) electrons. The molecule has 10 heteroatoms. The summed E-state index contributed by atoms with van der Waals surface area (Å²) >= 11 is 0. The standard InChI is InChI=1S/C2H10N10/c1-3-5-7-11(1)9-10-12-2-4-6-8-12/h3-8H,1-2H2. The summed E-state index contributed by atoms with van der Waals surface area (Å²) < 4.78 is 0. The molecule has 0 saturated carbocycles. The third-order valence-electron chi connectivity index (χ3n) is 1.26. The van der Waals surface area contributed by atoms with Gasteiger partial charge in [-0.3, -0.25) is 0 Å². The first-order valence-corrected chi connectivity index (χ1v) is 3.39. The molecule has 10 nitrogen and oxygen atoms in total. The minimum atomic E-state index is 0.554. The quantitative estimate of drug-likeness (QED) is 0.244. The number of nitrogens with zero attached hydrogens (tertiary/aromatic N) is 4. The highest BCUT2D eigenvalue weighted by Gasteiger charge is 2.09. The summed E-state index contributed by atoms with van der Waals surface area (Å²) in [6.45, 7) is 1.11. The van der Waals surface area contributed by atoms with Gasteiger partial charge in [0.2, 0.25) is 0 Å². The maximum Gasteiger partial charge on any atom is 0.120 e. The molecule has 0 atom stereocenters. The first-order chi connectivity index (χ1) is 5.95. The minimum absolute atomic E-state index is 0.554. The molecule has 2 fully saturated rings. The molecule has 0 aromatic rings. The van der Waals surface area contributed by atoms with Gasteiger partial charge in [0.05, 0.1) is 0 Å². The highest BCUT2D eigenvalue weighted by atomic mass is 16.0. The monoisotopic (exact) mass is 174 g/mol. The maximum atomic E-state index is 3.81. The number of hydrogen-bond donors (Lipinski definition) is 6. The van der Waals surface area contributed by atoms with Crippen molar-refractivity contribution in [2.45, 2.75) is 0 Å². The normalized spacial score (nSPS) is 24.7. The van der Waals surface area contributed by atoms with Gasteiger partial charge in [0.15, 0.2) is 0 Å². The first-order valence-electron chi connectivity index (χ1n) is 3.39. The van der Waals surface area contributed by atoms with E-state index in [1.165, 1.54) is 10.2 Å². The summed E-state index contributed by atoms with van der Waals surface area (Å²) in [4.78, 5) is 0. The Balaban J connectivity index is 1.75. The van der Waals surface area contributed by atoms with Crippen LogP contribution in [0.25, 0.3) is 0 Å². The zero-order valence-electron chi connectivity index (χ0n) is 6.20. The molecule has 6 N–H and O–H groups in total. The molecule has 2 heterocycles. The van der Waals surface area contributed by atoms with Crippen LogP contribution < -0.4 is 33.0 Å². The van der Waals surface area contributed by atoms with Gasteiger partial charge in [-0.25, -0.2) is 10.9 Å². The predicted molar refractivity (Wildman–Crippen MR) is 37.1 cm³/mol. The van der Waals surface area contributed by atoms with E-state index in [0.29, 0.717) is 13.3 Å². The van der Waals surface area contributed by atoms with Crippen molar-refractivity contribution in [2.24, 2.45) is 10.4 Å². The molecule has 0 unspecified atom stereocenters. The average Bonchev–Trinajstić information content (AvgIpc) is 2.74. The third kappa shape index (κ3) is 1.76. The molecule has 0 bridgehead atoms. The summed E-state index contributed by atoms with van der Waals surface area (Å²) in [6.07, 6.45) is 0. The van der Waals surface area contributed by atoms with E-state index in [0.717, 1.165) is 0 Å². The van der Waals surface area contributed by atoms with Crippen LogP contribution in [0, 0.1) is 0 Å². The van der Waals surface area contributed by atoms with Crippen LogP contribution in [0.1, 0.15) is 0 Å². The summed E-state index contributed by atoms with van der Waals surface area (Å²) in [5.41, 5.74) is 16.3. The van der Waals surface area contributed by atoms with E-state index in [9.17, 15) is 0 Å². The van der Waals surface area contributed by atoms with Gasteiger partial charge in [-0.15, -0.1) is 11.1 Å². The number of hydrogen-bond acceptors (Lipinski definition) is 8. The molecule has 0 aromatic heterocycles. The van der Waals surface area contributed by atoms with Crippen LogP contribution in [0.5, 0.6) is 0 Å². The van der Waals surface area contributed by atoms with E-state index in [2.05, 4.69) is 43.4 Å². The van der Waals surface area contributed by atoms with E-state index in [4.69, 9.17) is 0 Å². The van der Waals surface area contributed by atoms with Crippen molar-refractivity contribution < 1.29 is 0 Å². The zero-order valence-corrected chi connectivity index (χ0v) is 6.20. The average molecular weight is 174 g/mol. The molecular weight excluding hydrogens is 164 g/mol. The van der Waals surface area contributed by atoms with Gasteiger partial charge in [0.1, 0.15) is 13.3 Å². The van der Waals surface area contributed by atoms with Crippen molar-refractivity contribution in [3.05, 3.63) is 0 Å². The van der Waals surface area contributed by atoms with Gasteiger partial charge in [0.25, 0.3) is 0 Å². The lowest BCUT2D eigenvalue weighted by atomic mass is 11.2. The smallest absolute Gasteiger partial charge is 0.120 e. The minimum Gasteiger partial charge on any atom is -0.220 e. The molecular formula is C2H10N10. The Morgan fingerprint density at radius 3 is 1.67 bits per heavy atom. The van der Waals surface area contributed by atoms with Gasteiger partial charge < -0.3 is 0 Å². The van der Waals surface area contributed by atoms with Crippen LogP contribution in [0.2, 0.25) is 0 Å². The van der Waals surface area contributed by atoms with Crippen LogP contribution >= 0.6 is 0 Å². The highest BCUT2D eigenvalue weighted by Crippen LogP contribution is 1.89. The Labute approximate surface area is 68.1 Å². The molecule has 0 spiro atoms. The second kappa shape index (κ2) is 3.57. The lowest BCUT2D eigenvalue weighted by Gasteiger charge is -2.09. The SMILES string of the molecule is C1NNNN1N=NN1CNNN1. The van der Waals surface area contributed by atoms with E-state index in [-0.39, 0.29) is 0 Å². The Kier molecular flexibility index (Phi) is 2.26. The van der Waals surface area contributed by atoms with E-state index in [1.54, 1.807) is 0 Å². The maximum absolute atomic E-state index is 3.81. The van der Waals surface area contributed by atoms with E-state index < -0.39 is 0 Å². The van der Waals surface area contributed by atoms with Gasteiger partial charge in [-0.1, -0.05) is 0 Å². The first kappa shape index (κ1) is 7.60. The Hall–Kier alpha value is -1.04. The van der Waals surface area contributed by atoms with Crippen molar-refractivity contribution in [2.75, 3.05) is 13.3 Å². The number of hydrazine groups is 6. The fraction of sp³-hybridized carbons (Fsp3) is 1.00. The van der Waals surface area contributed by atoms with Gasteiger partial charge in [0, 0.05) is 0 Å². The van der Waals surface area contributed by atoms with Crippen molar-refractivity contribution >= 4 is 0 Å². The van der Waals surface area contributed by atoms with Crippen molar-refractivity contribution in [3.63, 3.8) is 0 Å². The summed E-state index contributed by atoms with van der Waals surface area (Å²) in [5.74, 6) is 0. The lowest BCUT2D eigenvalue weighted by molar-refractivity contribution is 0.156. The zero-order chi connectivity index (χ0) is 8.23. The Morgan fingerprint density at radius 2 is 1.33 bits per heavy atom. The largest absolute Gasteiger partial charge is 0.220 e. The topological polar surface area (TPSA) is 103 Å². The molecule has 2 aliphatic heterocycles. The highest BCUT2D eigenvalue weighted by molar-refractivity contribution is 4.43. The lowest BCUT2D eigenvalue weighted by Crippen LogP contribution is -2.36. The van der Waals surface area contributed by atoms with Crippen molar-refractivity contribution in [1.29, 1.82) is 0 Å². The van der Waals surface area contributed by atoms with Gasteiger partial charge in [-0.2, -0.15) is 21.3 Å². The number of nitrogens with one attached hydrogen (secondary N) is 6. The van der Waals surface area contributed by atoms with Gasteiger partial charge >= 0.3 is 0 Å². The summed E-state index contributed by atoms with van der Waals surface area (Å²) in [5, 5.41) is 10.6. The fourth-order valence-corrected chi connectivity index (χ4v) is 0.721. The van der Waals surface area contributed by atoms with Crippen LogP contribution in [0.4, 0.5) is 0 Å². The molecule has 2 aliphatic rings. The molecule has 2 rings (SSSR count). The van der Waals surface area contributed by atoms with Crippen LogP contribution in [-0.2, 0) is 0 Å². The van der Waals surface area contributed by atoms with Crippen LogP contribution in [0.15, 0.2) is 10.4 Å². The second-order valence-electron chi connectivity index (χ2n) is 2.12. The molecule has 12 heavy (non-hydrogen) atoms. The summed E-state index contributed by atoms with van der Waals surface area (Å²) in [7, 11) is 0. The number of rotatable bonds is 2. The van der Waals surface area contributed by atoms with Crippen molar-refractivity contribution in [3.8, 4) is 0 Å². The molecule has 0 aromatic carbocycles. The molecule has 0 aliphatic carbocycles. The van der Waals surface area contributed by atoms with E-state index in [1.807, 2.05) is 0 Å². The molecule has 0 amide bonds. The second-order valence-corrected chi connectivity index (χ2v) is 2.12. The van der Waals surface area contributed by atoms with Crippen LogP contribution in [0.3, 0.4) is 0 Å². The molecule has 68 valence electrons. The van der Waals surface area contributed by atoms with Crippen molar-refractivity contribution in [1.82, 2.24) is 43.2 Å². The van der Waals surface area contributed by atoms with E-state index >= 15 is 0 Å². The summed E-state index contributed by atoms with van der Waals surface area (Å²) in [6, 6.07) is 0. The Morgan fingerprint density at radius 1 is 0.833 bits per heavy atom. The third-order valence-corrected chi connectivity index (χ3v) is 1.26. The predicted octanol–water partition coefficient (Wildman–Crippen LogP) is -3.16. The van der Waals surface area contributed by atoms with Crippen LogP contribution in [-0.4, -0.2) is 23.6 Å². The Bertz CT molecular complexity index is 135. The fourth-order valence-electron chi connectivity index (χ4n) is 0.721. The molecule has 2 saturated heterocycles.